The molecule has 0 aromatic carbocycles. The van der Waals surface area contributed by atoms with Crippen molar-refractivity contribution in [1.29, 1.82) is 0 Å². The zero-order chi connectivity index (χ0) is 14.9. The molecule has 2 rings (SSSR count). The van der Waals surface area contributed by atoms with E-state index in [2.05, 4.69) is 28.4 Å². The first-order chi connectivity index (χ1) is 9.30. The second-order valence-corrected chi connectivity index (χ2v) is 7.28. The summed E-state index contributed by atoms with van der Waals surface area (Å²) in [5.74, 6) is 0.221. The van der Waals surface area contributed by atoms with Crippen molar-refractivity contribution in [3.05, 3.63) is 5.56 Å². The molecule has 2 heterocycles. The Morgan fingerprint density at radius 3 is 2.55 bits per heavy atom. The standard InChI is InChI=1S/C14H24N4OS/c1-9(2)16-12(19)10-11(15)17-20-13(10)18-7-5-14(3,4)6-8-18/h9H,5-8H2,1-4H3,(H2,15,17)(H,16,19). The molecule has 112 valence electrons. The quantitative estimate of drug-likeness (QED) is 0.899. The number of hydrogen-bond acceptors (Lipinski definition) is 5. The predicted octanol–water partition coefficient (Wildman–Crippen LogP) is 2.49. The number of nitrogens with zero attached hydrogens (tertiary/aromatic N) is 2. The van der Waals surface area contributed by atoms with Crippen molar-refractivity contribution in [2.75, 3.05) is 23.7 Å². The van der Waals surface area contributed by atoms with E-state index in [1.807, 2.05) is 13.8 Å². The van der Waals surface area contributed by atoms with Gasteiger partial charge in [0, 0.05) is 19.1 Å². The molecule has 20 heavy (non-hydrogen) atoms. The number of rotatable bonds is 3. The molecule has 1 aliphatic rings. The lowest BCUT2D eigenvalue weighted by Gasteiger charge is -2.37. The van der Waals surface area contributed by atoms with Crippen LogP contribution in [0, 0.1) is 5.41 Å². The van der Waals surface area contributed by atoms with Crippen molar-refractivity contribution in [3.8, 4) is 0 Å². The Labute approximate surface area is 124 Å². The Balaban J connectivity index is 2.19. The van der Waals surface area contributed by atoms with Gasteiger partial charge >= 0.3 is 0 Å². The number of piperidine rings is 1. The van der Waals surface area contributed by atoms with E-state index in [-0.39, 0.29) is 11.9 Å². The lowest BCUT2D eigenvalue weighted by atomic mass is 9.83. The lowest BCUT2D eigenvalue weighted by Crippen LogP contribution is -2.38. The SMILES string of the molecule is CC(C)NC(=O)c1c(N)nsc1N1CCC(C)(C)CC1. The molecule has 0 aliphatic carbocycles. The van der Waals surface area contributed by atoms with Crippen molar-refractivity contribution in [2.45, 2.75) is 46.6 Å². The van der Waals surface area contributed by atoms with E-state index in [0.29, 0.717) is 16.8 Å². The average Bonchev–Trinajstić information content (AvgIpc) is 2.70. The summed E-state index contributed by atoms with van der Waals surface area (Å²) in [4.78, 5) is 14.5. The molecule has 1 fully saturated rings. The minimum atomic E-state index is -0.119. The Morgan fingerprint density at radius 2 is 2.00 bits per heavy atom. The van der Waals surface area contributed by atoms with E-state index in [0.717, 1.165) is 30.9 Å². The highest BCUT2D eigenvalue weighted by Crippen LogP contribution is 2.37. The third-order valence-electron chi connectivity index (χ3n) is 3.75. The number of aromatic nitrogens is 1. The summed E-state index contributed by atoms with van der Waals surface area (Å²) in [5, 5.41) is 3.82. The topological polar surface area (TPSA) is 71.2 Å². The number of nitrogens with one attached hydrogen (secondary N) is 1. The van der Waals surface area contributed by atoms with E-state index in [4.69, 9.17) is 5.73 Å². The summed E-state index contributed by atoms with van der Waals surface area (Å²) >= 11 is 1.33. The van der Waals surface area contributed by atoms with E-state index in [1.54, 1.807) is 0 Å². The molecular formula is C14H24N4OS. The van der Waals surface area contributed by atoms with Crippen LogP contribution in [0.4, 0.5) is 10.8 Å². The van der Waals surface area contributed by atoms with Crippen LogP contribution in [0.2, 0.25) is 0 Å². The number of carbonyl (C=O) groups is 1. The highest BCUT2D eigenvalue weighted by atomic mass is 32.1. The molecular weight excluding hydrogens is 272 g/mol. The zero-order valence-electron chi connectivity index (χ0n) is 12.7. The summed E-state index contributed by atoms with van der Waals surface area (Å²) < 4.78 is 4.17. The normalized spacial score (nSPS) is 18.4. The van der Waals surface area contributed by atoms with Crippen LogP contribution in [0.5, 0.6) is 0 Å². The van der Waals surface area contributed by atoms with Crippen LogP contribution in [0.1, 0.15) is 50.9 Å². The molecule has 1 aliphatic heterocycles. The summed E-state index contributed by atoms with van der Waals surface area (Å²) in [6.45, 7) is 10.4. The number of carbonyl (C=O) groups excluding carboxylic acids is 1. The molecule has 0 bridgehead atoms. The molecule has 1 aromatic rings. The van der Waals surface area contributed by atoms with Crippen LogP contribution in [-0.4, -0.2) is 29.4 Å². The van der Waals surface area contributed by atoms with Crippen molar-refractivity contribution in [1.82, 2.24) is 9.69 Å². The molecule has 1 aromatic heterocycles. The van der Waals surface area contributed by atoms with Crippen molar-refractivity contribution in [2.24, 2.45) is 5.41 Å². The molecule has 0 saturated carbocycles. The third-order valence-corrected chi connectivity index (χ3v) is 4.67. The van der Waals surface area contributed by atoms with E-state index in [9.17, 15) is 4.79 Å². The fourth-order valence-corrected chi connectivity index (χ4v) is 3.23. The van der Waals surface area contributed by atoms with Gasteiger partial charge in [-0.2, -0.15) is 4.37 Å². The summed E-state index contributed by atoms with van der Waals surface area (Å²) in [5.41, 5.74) is 6.82. The van der Waals surface area contributed by atoms with Crippen LogP contribution in [-0.2, 0) is 0 Å². The van der Waals surface area contributed by atoms with Gasteiger partial charge in [-0.15, -0.1) is 0 Å². The number of amides is 1. The highest BCUT2D eigenvalue weighted by Gasteiger charge is 2.30. The third kappa shape index (κ3) is 3.23. The van der Waals surface area contributed by atoms with Crippen molar-refractivity contribution in [3.63, 3.8) is 0 Å². The van der Waals surface area contributed by atoms with E-state index < -0.39 is 0 Å². The Hall–Kier alpha value is -1.30. The van der Waals surface area contributed by atoms with Gasteiger partial charge in [0.05, 0.1) is 0 Å². The second-order valence-electron chi connectivity index (χ2n) is 6.53. The minimum Gasteiger partial charge on any atom is -0.382 e. The molecule has 0 spiro atoms. The first kappa shape index (κ1) is 15.1. The second kappa shape index (κ2) is 5.60. The maximum absolute atomic E-state index is 12.3. The van der Waals surface area contributed by atoms with Crippen molar-refractivity contribution >= 4 is 28.3 Å². The number of hydrogen-bond donors (Lipinski definition) is 2. The first-order valence-corrected chi connectivity index (χ1v) is 7.88. The van der Waals surface area contributed by atoms with Crippen molar-refractivity contribution < 1.29 is 4.79 Å². The fraction of sp³-hybridized carbons (Fsp3) is 0.714. The maximum atomic E-state index is 12.3. The van der Waals surface area contributed by atoms with Gasteiger partial charge in [0.1, 0.15) is 10.6 Å². The summed E-state index contributed by atoms with van der Waals surface area (Å²) in [6, 6.07) is 0.0925. The Morgan fingerprint density at radius 1 is 1.40 bits per heavy atom. The highest BCUT2D eigenvalue weighted by molar-refractivity contribution is 7.11. The number of nitrogen functional groups attached to an aromatic ring is 1. The van der Waals surface area contributed by atoms with Gasteiger partial charge in [0.15, 0.2) is 5.82 Å². The fourth-order valence-electron chi connectivity index (χ4n) is 2.37. The largest absolute Gasteiger partial charge is 0.382 e. The number of anilines is 2. The molecule has 1 saturated heterocycles. The van der Waals surface area contributed by atoms with Crippen LogP contribution in [0.3, 0.4) is 0 Å². The average molecular weight is 296 g/mol. The summed E-state index contributed by atoms with van der Waals surface area (Å²) in [6.07, 6.45) is 2.24. The van der Waals surface area contributed by atoms with E-state index >= 15 is 0 Å². The molecule has 3 N–H and O–H groups in total. The van der Waals surface area contributed by atoms with Gasteiger partial charge in [0.2, 0.25) is 0 Å². The molecule has 0 unspecified atom stereocenters. The van der Waals surface area contributed by atoms with E-state index in [1.165, 1.54) is 11.5 Å². The van der Waals surface area contributed by atoms with Gasteiger partial charge in [-0.3, -0.25) is 4.79 Å². The Kier molecular flexibility index (Phi) is 4.22. The Bertz CT molecular complexity index is 485. The predicted molar refractivity (Wildman–Crippen MR) is 84.4 cm³/mol. The van der Waals surface area contributed by atoms with Gasteiger partial charge < -0.3 is 16.0 Å². The van der Waals surface area contributed by atoms with Crippen LogP contribution < -0.4 is 16.0 Å². The smallest absolute Gasteiger partial charge is 0.258 e. The lowest BCUT2D eigenvalue weighted by molar-refractivity contribution is 0.0944. The van der Waals surface area contributed by atoms with Gasteiger partial charge in [0.25, 0.3) is 5.91 Å². The zero-order valence-corrected chi connectivity index (χ0v) is 13.5. The molecule has 1 amide bonds. The monoisotopic (exact) mass is 296 g/mol. The van der Waals surface area contributed by atoms with Gasteiger partial charge in [-0.25, -0.2) is 0 Å². The molecule has 5 nitrogen and oxygen atoms in total. The molecule has 0 atom stereocenters. The maximum Gasteiger partial charge on any atom is 0.258 e. The van der Waals surface area contributed by atoms with Gasteiger partial charge in [-0.1, -0.05) is 13.8 Å². The minimum absolute atomic E-state index is 0.0925. The van der Waals surface area contributed by atoms with Gasteiger partial charge in [-0.05, 0) is 43.6 Å². The number of nitrogens with two attached hydrogens (primary N) is 1. The summed E-state index contributed by atoms with van der Waals surface area (Å²) in [7, 11) is 0. The van der Waals surface area contributed by atoms with Crippen LogP contribution in [0.25, 0.3) is 0 Å². The van der Waals surface area contributed by atoms with Crippen LogP contribution in [0.15, 0.2) is 0 Å². The van der Waals surface area contributed by atoms with Crippen LogP contribution >= 0.6 is 11.5 Å². The first-order valence-electron chi connectivity index (χ1n) is 7.11. The molecule has 0 radical (unpaired) electrons. The molecule has 6 heteroatoms.